The first kappa shape index (κ1) is 14.8. The van der Waals surface area contributed by atoms with Crippen LogP contribution >= 0.6 is 0 Å². The monoisotopic (exact) mass is 256 g/mol. The predicted octanol–water partition coefficient (Wildman–Crippen LogP) is 1.86. The van der Waals surface area contributed by atoms with Crippen LogP contribution in [0, 0.1) is 0 Å². The Bertz CT molecular complexity index is 323. The maximum absolute atomic E-state index is 11.9. The molecule has 1 atom stereocenters. The standard InChI is InChI=1S/C13H24N2O3/c1-6-11(16)15-8-7-10(9-15)14(5)12(17)18-13(2,3)4/h10H,6-9H2,1-5H3. The number of hydrogen-bond acceptors (Lipinski definition) is 3. The largest absolute Gasteiger partial charge is 0.444 e. The smallest absolute Gasteiger partial charge is 0.410 e. The number of hydrogen-bond donors (Lipinski definition) is 0. The van der Waals surface area contributed by atoms with Gasteiger partial charge >= 0.3 is 6.09 Å². The van der Waals surface area contributed by atoms with E-state index >= 15 is 0 Å². The van der Waals surface area contributed by atoms with E-state index in [1.807, 2.05) is 32.6 Å². The Balaban J connectivity index is 2.52. The predicted molar refractivity (Wildman–Crippen MR) is 69.3 cm³/mol. The van der Waals surface area contributed by atoms with E-state index in [2.05, 4.69) is 0 Å². The molecule has 1 aliphatic rings. The molecule has 5 nitrogen and oxygen atoms in total. The van der Waals surface area contributed by atoms with Crippen molar-refractivity contribution < 1.29 is 14.3 Å². The average Bonchev–Trinajstić information content (AvgIpc) is 2.73. The van der Waals surface area contributed by atoms with Crippen LogP contribution in [0.5, 0.6) is 0 Å². The van der Waals surface area contributed by atoms with Crippen LogP contribution in [0.15, 0.2) is 0 Å². The van der Waals surface area contributed by atoms with Gasteiger partial charge in [-0.05, 0) is 27.2 Å². The van der Waals surface area contributed by atoms with Crippen molar-refractivity contribution in [1.29, 1.82) is 0 Å². The van der Waals surface area contributed by atoms with E-state index in [0.717, 1.165) is 13.0 Å². The van der Waals surface area contributed by atoms with Crippen molar-refractivity contribution in [2.45, 2.75) is 52.2 Å². The molecule has 0 spiro atoms. The van der Waals surface area contributed by atoms with Gasteiger partial charge in [-0.3, -0.25) is 4.79 Å². The number of carbonyl (C=O) groups is 2. The molecule has 1 unspecified atom stereocenters. The Hall–Kier alpha value is -1.26. The van der Waals surface area contributed by atoms with Gasteiger partial charge in [0.1, 0.15) is 5.60 Å². The Morgan fingerprint density at radius 3 is 2.50 bits per heavy atom. The van der Waals surface area contributed by atoms with E-state index in [1.165, 1.54) is 0 Å². The number of carbonyl (C=O) groups excluding carboxylic acids is 2. The first-order valence-electron chi connectivity index (χ1n) is 6.48. The Morgan fingerprint density at radius 2 is 2.00 bits per heavy atom. The summed E-state index contributed by atoms with van der Waals surface area (Å²) in [5, 5.41) is 0. The number of ether oxygens (including phenoxy) is 1. The molecular formula is C13H24N2O3. The molecule has 0 aromatic carbocycles. The third-order valence-electron chi connectivity index (χ3n) is 3.05. The summed E-state index contributed by atoms with van der Waals surface area (Å²) in [6.07, 6.45) is 1.02. The van der Waals surface area contributed by atoms with Crippen molar-refractivity contribution in [3.05, 3.63) is 0 Å². The van der Waals surface area contributed by atoms with Gasteiger partial charge in [-0.25, -0.2) is 4.79 Å². The fraction of sp³-hybridized carbons (Fsp3) is 0.846. The maximum Gasteiger partial charge on any atom is 0.410 e. The molecule has 1 rings (SSSR count). The van der Waals surface area contributed by atoms with E-state index in [9.17, 15) is 9.59 Å². The number of nitrogens with zero attached hydrogens (tertiary/aromatic N) is 2. The summed E-state index contributed by atoms with van der Waals surface area (Å²) in [5.74, 6) is 0.148. The van der Waals surface area contributed by atoms with Crippen LogP contribution in [-0.4, -0.2) is 53.6 Å². The number of rotatable bonds is 2. The summed E-state index contributed by atoms with van der Waals surface area (Å²) in [6.45, 7) is 8.74. The normalized spacial score (nSPS) is 19.8. The molecule has 0 aromatic heterocycles. The summed E-state index contributed by atoms with van der Waals surface area (Å²) >= 11 is 0. The van der Waals surface area contributed by atoms with Crippen molar-refractivity contribution in [3.8, 4) is 0 Å². The zero-order valence-corrected chi connectivity index (χ0v) is 12.0. The van der Waals surface area contributed by atoms with Gasteiger partial charge in [-0.15, -0.1) is 0 Å². The van der Waals surface area contributed by atoms with Crippen LogP contribution in [-0.2, 0) is 9.53 Å². The van der Waals surface area contributed by atoms with Gasteiger partial charge in [-0.1, -0.05) is 6.92 Å². The summed E-state index contributed by atoms with van der Waals surface area (Å²) in [5.41, 5.74) is -0.483. The van der Waals surface area contributed by atoms with Crippen LogP contribution in [0.3, 0.4) is 0 Å². The van der Waals surface area contributed by atoms with Gasteiger partial charge in [0.25, 0.3) is 0 Å². The van der Waals surface area contributed by atoms with Crippen LogP contribution in [0.4, 0.5) is 4.79 Å². The quantitative estimate of drug-likeness (QED) is 0.757. The molecule has 0 bridgehead atoms. The van der Waals surface area contributed by atoms with Gasteiger partial charge < -0.3 is 14.5 Å². The maximum atomic E-state index is 11.9. The van der Waals surface area contributed by atoms with Crippen LogP contribution in [0.1, 0.15) is 40.5 Å². The minimum absolute atomic E-state index is 0.0651. The zero-order chi connectivity index (χ0) is 13.9. The molecule has 18 heavy (non-hydrogen) atoms. The number of amides is 2. The second kappa shape index (κ2) is 5.59. The van der Waals surface area contributed by atoms with E-state index < -0.39 is 5.60 Å². The Morgan fingerprint density at radius 1 is 1.39 bits per heavy atom. The SMILES string of the molecule is CCC(=O)N1CCC(N(C)C(=O)OC(C)(C)C)C1. The summed E-state index contributed by atoms with van der Waals surface area (Å²) in [4.78, 5) is 26.9. The minimum Gasteiger partial charge on any atom is -0.444 e. The molecule has 0 saturated carbocycles. The molecule has 1 aliphatic heterocycles. The molecule has 1 saturated heterocycles. The van der Waals surface area contributed by atoms with Crippen molar-refractivity contribution in [2.24, 2.45) is 0 Å². The van der Waals surface area contributed by atoms with Crippen molar-refractivity contribution >= 4 is 12.0 Å². The van der Waals surface area contributed by atoms with Crippen LogP contribution in [0.2, 0.25) is 0 Å². The molecule has 104 valence electrons. The lowest BCUT2D eigenvalue weighted by molar-refractivity contribution is -0.130. The second-order valence-electron chi connectivity index (χ2n) is 5.73. The Kier molecular flexibility index (Phi) is 4.59. The highest BCUT2D eigenvalue weighted by molar-refractivity contribution is 5.76. The van der Waals surface area contributed by atoms with Crippen LogP contribution < -0.4 is 0 Å². The highest BCUT2D eigenvalue weighted by Gasteiger charge is 2.32. The van der Waals surface area contributed by atoms with Gasteiger partial charge in [0, 0.05) is 26.6 Å². The third-order valence-corrected chi connectivity index (χ3v) is 3.05. The summed E-state index contributed by atoms with van der Waals surface area (Å²) in [6, 6.07) is 0.0651. The van der Waals surface area contributed by atoms with Crippen LogP contribution in [0.25, 0.3) is 0 Å². The van der Waals surface area contributed by atoms with Crippen molar-refractivity contribution in [3.63, 3.8) is 0 Å². The summed E-state index contributed by atoms with van der Waals surface area (Å²) < 4.78 is 5.32. The first-order valence-corrected chi connectivity index (χ1v) is 6.48. The van der Waals surface area contributed by atoms with Gasteiger partial charge in [0.2, 0.25) is 5.91 Å². The second-order valence-corrected chi connectivity index (χ2v) is 5.73. The lowest BCUT2D eigenvalue weighted by atomic mass is 10.2. The van der Waals surface area contributed by atoms with E-state index in [0.29, 0.717) is 13.0 Å². The molecule has 0 radical (unpaired) electrons. The van der Waals surface area contributed by atoms with E-state index in [1.54, 1.807) is 11.9 Å². The highest BCUT2D eigenvalue weighted by atomic mass is 16.6. The first-order chi connectivity index (χ1) is 8.24. The van der Waals surface area contributed by atoms with Crippen molar-refractivity contribution in [2.75, 3.05) is 20.1 Å². The summed E-state index contributed by atoms with van der Waals surface area (Å²) in [7, 11) is 1.73. The lowest BCUT2D eigenvalue weighted by Crippen LogP contribution is -2.42. The average molecular weight is 256 g/mol. The number of likely N-dealkylation sites (N-methyl/N-ethyl adjacent to an activating group) is 1. The molecule has 5 heteroatoms. The van der Waals surface area contributed by atoms with Gasteiger partial charge in [0.05, 0.1) is 6.04 Å². The van der Waals surface area contributed by atoms with Crippen molar-refractivity contribution in [1.82, 2.24) is 9.80 Å². The molecule has 1 heterocycles. The molecule has 0 aromatic rings. The molecule has 1 fully saturated rings. The third kappa shape index (κ3) is 3.89. The number of likely N-dealkylation sites (tertiary alicyclic amines) is 1. The minimum atomic E-state index is -0.483. The Labute approximate surface area is 109 Å². The van der Waals surface area contributed by atoms with E-state index in [4.69, 9.17) is 4.74 Å². The van der Waals surface area contributed by atoms with Gasteiger partial charge in [-0.2, -0.15) is 0 Å². The van der Waals surface area contributed by atoms with Gasteiger partial charge in [0.15, 0.2) is 0 Å². The lowest BCUT2D eigenvalue weighted by Gasteiger charge is -2.28. The fourth-order valence-corrected chi connectivity index (χ4v) is 1.99. The fourth-order valence-electron chi connectivity index (χ4n) is 1.99. The van der Waals surface area contributed by atoms with E-state index in [-0.39, 0.29) is 18.0 Å². The molecule has 2 amide bonds. The topological polar surface area (TPSA) is 49.9 Å². The molecule has 0 aliphatic carbocycles. The highest BCUT2D eigenvalue weighted by Crippen LogP contribution is 2.18. The zero-order valence-electron chi connectivity index (χ0n) is 12.0. The molecule has 0 N–H and O–H groups in total. The molecular weight excluding hydrogens is 232 g/mol.